The molecule has 1 aliphatic heterocycles. The monoisotopic (exact) mass is 517 g/mol. The summed E-state index contributed by atoms with van der Waals surface area (Å²) in [6, 6.07) is 9.64. The first kappa shape index (κ1) is 28.1. The number of aliphatic hydroxyl groups is 1. The Morgan fingerprint density at radius 3 is 2.41 bits per heavy atom. The Morgan fingerprint density at radius 1 is 1.03 bits per heavy atom. The minimum absolute atomic E-state index is 0.181. The van der Waals surface area contributed by atoms with Crippen LogP contribution < -0.4 is 0 Å². The van der Waals surface area contributed by atoms with Crippen molar-refractivity contribution < 1.29 is 27.4 Å². The van der Waals surface area contributed by atoms with Crippen molar-refractivity contribution in [3.8, 4) is 5.69 Å². The van der Waals surface area contributed by atoms with Crippen LogP contribution in [0.25, 0.3) is 16.6 Å². The van der Waals surface area contributed by atoms with Crippen molar-refractivity contribution in [2.45, 2.75) is 32.0 Å². The zero-order valence-electron chi connectivity index (χ0n) is 21.0. The number of alkyl halides is 3. The predicted molar refractivity (Wildman–Crippen MR) is 137 cm³/mol. The fourth-order valence-corrected chi connectivity index (χ4v) is 4.04. The molecule has 2 heterocycles. The molecule has 4 rings (SSSR count). The normalized spacial score (nSPS) is 18.9. The van der Waals surface area contributed by atoms with Gasteiger partial charge in [-0.1, -0.05) is 44.2 Å². The maximum atomic E-state index is 14.4. The van der Waals surface area contributed by atoms with E-state index in [1.54, 1.807) is 18.4 Å². The van der Waals surface area contributed by atoms with Gasteiger partial charge in [-0.25, -0.2) is 9.07 Å². The largest absolute Gasteiger partial charge is 0.423 e. The van der Waals surface area contributed by atoms with Crippen LogP contribution in [0.1, 0.15) is 25.8 Å². The van der Waals surface area contributed by atoms with Crippen molar-refractivity contribution >= 4 is 10.9 Å². The first-order chi connectivity index (χ1) is 17.7. The molecule has 0 saturated heterocycles. The van der Waals surface area contributed by atoms with Crippen molar-refractivity contribution in [2.75, 3.05) is 26.8 Å². The smallest absolute Gasteiger partial charge is 0.380 e. The first-order valence-corrected chi connectivity index (χ1v) is 12.0. The summed E-state index contributed by atoms with van der Waals surface area (Å²) >= 11 is 0. The zero-order valence-corrected chi connectivity index (χ0v) is 21.0. The van der Waals surface area contributed by atoms with E-state index in [0.717, 1.165) is 5.57 Å². The van der Waals surface area contributed by atoms with Gasteiger partial charge in [0.2, 0.25) is 5.60 Å². The van der Waals surface area contributed by atoms with E-state index in [1.165, 1.54) is 65.4 Å². The van der Waals surface area contributed by atoms with Crippen LogP contribution in [0.4, 0.5) is 17.6 Å². The summed E-state index contributed by atoms with van der Waals surface area (Å²) in [6.45, 7) is 3.74. The third kappa shape index (κ3) is 6.47. The van der Waals surface area contributed by atoms with Gasteiger partial charge >= 0.3 is 6.18 Å². The summed E-state index contributed by atoms with van der Waals surface area (Å²) in [5, 5.41) is 15.8. The van der Waals surface area contributed by atoms with Gasteiger partial charge in [0.25, 0.3) is 0 Å². The highest BCUT2D eigenvalue weighted by atomic mass is 19.4. The topological polar surface area (TPSA) is 50.5 Å². The van der Waals surface area contributed by atoms with E-state index in [2.05, 4.69) is 5.10 Å². The predicted octanol–water partition coefficient (Wildman–Crippen LogP) is 6.29. The standard InChI is InChI=1S/C26H25F4N3O2.C2H6/c1-35-17-19-6-4-2-3-5-13-32(16-19)18-25(34,26(28,29)30)21-7-12-24-20(14-21)15-31-33(24)23-10-8-22(27)9-11-23;1-2/h2-5,7-12,14-16,34H,6,13,17-18H2,1H3;1-2H3/b4-2-,5-3-,19-16+;. The Bertz CT molecular complexity index is 1260. The lowest BCUT2D eigenvalue weighted by Gasteiger charge is -2.35. The van der Waals surface area contributed by atoms with Gasteiger partial charge in [0.15, 0.2) is 0 Å². The average Bonchev–Trinajstić information content (AvgIpc) is 3.33. The van der Waals surface area contributed by atoms with Gasteiger partial charge in [-0.15, -0.1) is 0 Å². The van der Waals surface area contributed by atoms with Crippen LogP contribution in [0.3, 0.4) is 0 Å². The van der Waals surface area contributed by atoms with Crippen LogP contribution in [0.2, 0.25) is 0 Å². The van der Waals surface area contributed by atoms with Crippen molar-refractivity contribution in [2.24, 2.45) is 0 Å². The van der Waals surface area contributed by atoms with E-state index < -0.39 is 24.1 Å². The molecule has 0 fully saturated rings. The number of halogens is 4. The Hall–Kier alpha value is -3.43. The molecule has 198 valence electrons. The van der Waals surface area contributed by atoms with Crippen molar-refractivity contribution in [1.82, 2.24) is 14.7 Å². The number of methoxy groups -OCH3 is 1. The number of hydrogen-bond donors (Lipinski definition) is 1. The molecule has 0 saturated carbocycles. The number of β-amino-alcohol motifs (C(OH)–C–C–N with tert-alkyl or cyclic N) is 1. The number of benzene rings is 2. The summed E-state index contributed by atoms with van der Waals surface area (Å²) in [6.07, 6.45) is 5.84. The van der Waals surface area contributed by atoms with Crippen LogP contribution >= 0.6 is 0 Å². The number of fused-ring (bicyclic) bond motifs is 1. The maximum Gasteiger partial charge on any atom is 0.423 e. The van der Waals surface area contributed by atoms with Crippen LogP contribution in [-0.4, -0.2) is 52.8 Å². The van der Waals surface area contributed by atoms with Gasteiger partial charge in [0, 0.05) is 25.2 Å². The lowest BCUT2D eigenvalue weighted by atomic mass is 9.91. The highest BCUT2D eigenvalue weighted by molar-refractivity contribution is 5.81. The zero-order chi connectivity index (χ0) is 27.1. The van der Waals surface area contributed by atoms with Crippen molar-refractivity contribution in [3.05, 3.63) is 96.1 Å². The Morgan fingerprint density at radius 2 is 1.73 bits per heavy atom. The third-order valence-corrected chi connectivity index (χ3v) is 5.82. The number of allylic oxidation sites excluding steroid dienone is 3. The molecule has 0 spiro atoms. The molecular formula is C28H31F4N3O2. The number of rotatable bonds is 6. The van der Waals surface area contributed by atoms with E-state index in [-0.39, 0.29) is 18.7 Å². The van der Waals surface area contributed by atoms with Crippen LogP contribution in [0, 0.1) is 5.82 Å². The molecule has 1 atom stereocenters. The molecule has 9 heteroatoms. The minimum Gasteiger partial charge on any atom is -0.380 e. The molecule has 0 amide bonds. The Balaban J connectivity index is 0.00000186. The third-order valence-electron chi connectivity index (χ3n) is 5.82. The summed E-state index contributed by atoms with van der Waals surface area (Å²) in [7, 11) is 1.52. The highest BCUT2D eigenvalue weighted by Gasteiger charge is 2.55. The molecule has 3 aromatic rings. The van der Waals surface area contributed by atoms with Gasteiger partial charge in [-0.2, -0.15) is 18.3 Å². The second-order valence-electron chi connectivity index (χ2n) is 8.37. The molecule has 5 nitrogen and oxygen atoms in total. The van der Waals surface area contributed by atoms with Gasteiger partial charge in [-0.05, 0) is 54.0 Å². The van der Waals surface area contributed by atoms with Crippen LogP contribution in [-0.2, 0) is 10.3 Å². The minimum atomic E-state index is -4.94. The van der Waals surface area contributed by atoms with E-state index in [4.69, 9.17) is 4.74 Å². The second kappa shape index (κ2) is 12.2. The lowest BCUT2D eigenvalue weighted by molar-refractivity contribution is -0.269. The quantitative estimate of drug-likeness (QED) is 0.391. The van der Waals surface area contributed by atoms with Gasteiger partial charge in [0.05, 0.1) is 30.6 Å². The number of aromatic nitrogens is 2. The summed E-state index contributed by atoms with van der Waals surface area (Å²) in [4.78, 5) is 1.44. The lowest BCUT2D eigenvalue weighted by Crippen LogP contribution is -2.50. The van der Waals surface area contributed by atoms with E-state index in [1.807, 2.05) is 26.0 Å². The summed E-state index contributed by atoms with van der Waals surface area (Å²) in [5.41, 5.74) is -1.55. The van der Waals surface area contributed by atoms with E-state index in [9.17, 15) is 22.7 Å². The fraction of sp³-hybridized carbons (Fsp3) is 0.321. The molecule has 0 aliphatic carbocycles. The Labute approximate surface area is 214 Å². The molecule has 2 aromatic carbocycles. The molecule has 1 unspecified atom stereocenters. The molecular weight excluding hydrogens is 486 g/mol. The number of nitrogens with zero attached hydrogens (tertiary/aromatic N) is 3. The van der Waals surface area contributed by atoms with Crippen molar-refractivity contribution in [1.29, 1.82) is 0 Å². The van der Waals surface area contributed by atoms with E-state index in [0.29, 0.717) is 23.0 Å². The molecule has 1 N–H and O–H groups in total. The van der Waals surface area contributed by atoms with Crippen molar-refractivity contribution in [3.63, 3.8) is 0 Å². The number of hydrogen-bond acceptors (Lipinski definition) is 4. The van der Waals surface area contributed by atoms with Crippen LogP contribution in [0.5, 0.6) is 0 Å². The average molecular weight is 518 g/mol. The molecule has 1 aromatic heterocycles. The Kier molecular flexibility index (Phi) is 9.29. The number of ether oxygens (including phenoxy) is 1. The summed E-state index contributed by atoms with van der Waals surface area (Å²) < 4.78 is 63.0. The molecule has 0 bridgehead atoms. The molecule has 0 radical (unpaired) electrons. The SMILES string of the molecule is CC.COC/C1=C/N(CC(O)(c2ccc3c(cnn3-c3ccc(F)cc3)c2)C(F)(F)F)C/C=C\C=C/C1. The van der Waals surface area contributed by atoms with Gasteiger partial charge in [-0.3, -0.25) is 0 Å². The maximum absolute atomic E-state index is 14.4. The second-order valence-corrected chi connectivity index (χ2v) is 8.37. The van der Waals surface area contributed by atoms with Gasteiger partial charge < -0.3 is 14.7 Å². The van der Waals surface area contributed by atoms with E-state index >= 15 is 0 Å². The summed E-state index contributed by atoms with van der Waals surface area (Å²) in [5.74, 6) is -0.406. The highest BCUT2D eigenvalue weighted by Crippen LogP contribution is 2.41. The van der Waals surface area contributed by atoms with Gasteiger partial charge in [0.1, 0.15) is 5.82 Å². The fourth-order valence-electron chi connectivity index (χ4n) is 4.04. The molecule has 1 aliphatic rings. The molecule has 37 heavy (non-hydrogen) atoms. The first-order valence-electron chi connectivity index (χ1n) is 12.0. The van der Waals surface area contributed by atoms with Crippen LogP contribution in [0.15, 0.2) is 84.7 Å².